The van der Waals surface area contributed by atoms with Crippen molar-refractivity contribution in [1.29, 1.82) is 0 Å². The smallest absolute Gasteiger partial charge is 0.358 e. The molecule has 0 unspecified atom stereocenters. The number of hydroxylamine groups is 2. The van der Waals surface area contributed by atoms with Crippen LogP contribution in [0.1, 0.15) is 0 Å². The van der Waals surface area contributed by atoms with Crippen molar-refractivity contribution in [3.63, 3.8) is 0 Å². The van der Waals surface area contributed by atoms with E-state index in [1.165, 1.54) is 0 Å². The minimum Gasteiger partial charge on any atom is -0.358 e. The molecule has 92 valence electrons. The number of rotatable bonds is 4. The molecule has 1 aliphatic heterocycles. The highest BCUT2D eigenvalue weighted by Crippen LogP contribution is 2.16. The van der Waals surface area contributed by atoms with Gasteiger partial charge in [-0.15, -0.1) is 0 Å². The van der Waals surface area contributed by atoms with Gasteiger partial charge >= 0.3 is 20.8 Å². The molecule has 0 saturated heterocycles. The summed E-state index contributed by atoms with van der Waals surface area (Å²) in [5.74, 6) is -0.831. The van der Waals surface area contributed by atoms with Crippen molar-refractivity contribution in [2.75, 3.05) is 0 Å². The maximum atomic E-state index is 10.3. The second-order valence-corrected chi connectivity index (χ2v) is 4.24. The van der Waals surface area contributed by atoms with Crippen LogP contribution >= 0.6 is 0 Å². The first-order chi connectivity index (χ1) is 7.17. The molecule has 0 aromatic rings. The van der Waals surface area contributed by atoms with Gasteiger partial charge in [0.2, 0.25) is 0 Å². The zero-order chi connectivity index (χ0) is 12.4. The fourth-order valence-electron chi connectivity index (χ4n) is 0.631. The van der Waals surface area contributed by atoms with Crippen molar-refractivity contribution < 1.29 is 39.2 Å². The summed E-state index contributed by atoms with van der Waals surface area (Å²) in [4.78, 5) is 4.34. The van der Waals surface area contributed by atoms with Gasteiger partial charge in [-0.2, -0.15) is 16.8 Å². The van der Waals surface area contributed by atoms with E-state index in [4.69, 9.17) is 9.11 Å². The lowest BCUT2D eigenvalue weighted by atomic mass is 10.5. The van der Waals surface area contributed by atoms with Crippen LogP contribution in [0.3, 0.4) is 0 Å². The zero-order valence-electron chi connectivity index (χ0n) is 7.25. The Labute approximate surface area is 90.1 Å². The quantitative estimate of drug-likeness (QED) is 0.623. The fourth-order valence-corrected chi connectivity index (χ4v) is 1.24. The molecular formula is C4H5NO9S2. The highest BCUT2D eigenvalue weighted by molar-refractivity contribution is 7.81. The largest absolute Gasteiger partial charge is 0.448 e. The molecule has 0 aromatic carbocycles. The molecule has 10 nitrogen and oxygen atoms in total. The lowest BCUT2D eigenvalue weighted by molar-refractivity contribution is -0.278. The first-order valence-electron chi connectivity index (χ1n) is 3.35. The monoisotopic (exact) mass is 275 g/mol. The number of hydrogen-bond acceptors (Lipinski definition) is 8. The van der Waals surface area contributed by atoms with Gasteiger partial charge in [-0.1, -0.05) is 4.28 Å². The van der Waals surface area contributed by atoms with E-state index in [1.807, 2.05) is 0 Å². The maximum absolute atomic E-state index is 10.3. The van der Waals surface area contributed by atoms with Crippen LogP contribution in [0, 0.1) is 0 Å². The van der Waals surface area contributed by atoms with Crippen LogP contribution in [0.25, 0.3) is 0 Å². The molecule has 0 saturated carbocycles. The van der Waals surface area contributed by atoms with E-state index >= 15 is 0 Å². The Kier molecular flexibility index (Phi) is 3.39. The summed E-state index contributed by atoms with van der Waals surface area (Å²) < 4.78 is 65.5. The van der Waals surface area contributed by atoms with E-state index in [0.717, 1.165) is 18.4 Å². The molecule has 1 heterocycles. The summed E-state index contributed by atoms with van der Waals surface area (Å²) in [6, 6.07) is 0. The van der Waals surface area contributed by atoms with Crippen LogP contribution in [0.15, 0.2) is 24.3 Å². The zero-order valence-corrected chi connectivity index (χ0v) is 8.88. The highest BCUT2D eigenvalue weighted by Gasteiger charge is 2.25. The number of hydrogen-bond donors (Lipinski definition) is 2. The summed E-state index contributed by atoms with van der Waals surface area (Å²) in [5.41, 5.74) is 0. The minimum atomic E-state index is -4.94. The summed E-state index contributed by atoms with van der Waals surface area (Å²) >= 11 is 0. The molecule has 0 spiro atoms. The first kappa shape index (κ1) is 12.7. The van der Waals surface area contributed by atoms with Gasteiger partial charge in [0.25, 0.3) is 5.88 Å². The second-order valence-electron chi connectivity index (χ2n) is 2.21. The molecule has 0 amide bonds. The average molecular weight is 275 g/mol. The molecular weight excluding hydrogens is 270 g/mol. The van der Waals surface area contributed by atoms with Gasteiger partial charge in [0, 0.05) is 6.08 Å². The minimum absolute atomic E-state index is 0.0803. The Morgan fingerprint density at radius 1 is 1.19 bits per heavy atom. The summed E-state index contributed by atoms with van der Waals surface area (Å²) in [6.07, 6.45) is 2.90. The van der Waals surface area contributed by atoms with E-state index in [-0.39, 0.29) is 5.23 Å². The molecule has 0 radical (unpaired) electrons. The van der Waals surface area contributed by atoms with Crippen molar-refractivity contribution in [2.24, 2.45) is 0 Å². The predicted octanol–water partition coefficient (Wildman–Crippen LogP) is -0.857. The van der Waals surface area contributed by atoms with E-state index < -0.39 is 26.7 Å². The molecule has 16 heavy (non-hydrogen) atoms. The van der Waals surface area contributed by atoms with Crippen LogP contribution in [0.5, 0.6) is 0 Å². The fraction of sp³-hybridized carbons (Fsp3) is 0. The third-order valence-corrected chi connectivity index (χ3v) is 1.71. The summed E-state index contributed by atoms with van der Waals surface area (Å²) in [7, 11) is -9.84. The lowest BCUT2D eigenvalue weighted by Gasteiger charge is -2.21. The molecule has 0 atom stereocenters. The third-order valence-electron chi connectivity index (χ3n) is 1.01. The topological polar surface area (TPSA) is 140 Å². The van der Waals surface area contributed by atoms with Gasteiger partial charge in [0.15, 0.2) is 0 Å². The van der Waals surface area contributed by atoms with Gasteiger partial charge in [0.05, 0.1) is 0 Å². The summed E-state index contributed by atoms with van der Waals surface area (Å²) in [5, 5.41) is -0.0803. The average Bonchev–Trinajstić information content (AvgIpc) is 2.03. The van der Waals surface area contributed by atoms with Crippen LogP contribution in [0.4, 0.5) is 0 Å². The van der Waals surface area contributed by atoms with Crippen LogP contribution in [0.2, 0.25) is 0 Å². The molecule has 0 fully saturated rings. The number of allylic oxidation sites excluding steroid dienone is 2. The lowest BCUT2D eigenvalue weighted by Crippen LogP contribution is -2.29. The highest BCUT2D eigenvalue weighted by atomic mass is 32.3. The molecule has 0 aliphatic carbocycles. The van der Waals surface area contributed by atoms with Gasteiger partial charge in [-0.3, -0.25) is 9.11 Å². The van der Waals surface area contributed by atoms with E-state index in [9.17, 15) is 16.8 Å². The second kappa shape index (κ2) is 4.26. The number of nitrogens with zero attached hydrogens (tertiary/aromatic N) is 1. The SMILES string of the molecule is O=S(=O)(O)OC1=CC=CON1OS(=O)(=O)O. The Morgan fingerprint density at radius 3 is 2.31 bits per heavy atom. The summed E-state index contributed by atoms with van der Waals surface area (Å²) in [6.45, 7) is 0. The Hall–Kier alpha value is -1.34. The van der Waals surface area contributed by atoms with Gasteiger partial charge in [-0.05, 0) is 11.3 Å². The molecule has 1 aliphatic rings. The Bertz CT molecular complexity index is 514. The Morgan fingerprint density at radius 2 is 1.81 bits per heavy atom. The van der Waals surface area contributed by atoms with Crippen molar-refractivity contribution in [3.05, 3.63) is 24.3 Å². The molecule has 0 bridgehead atoms. The van der Waals surface area contributed by atoms with E-state index in [0.29, 0.717) is 0 Å². The first-order valence-corrected chi connectivity index (χ1v) is 6.08. The van der Waals surface area contributed by atoms with Gasteiger partial charge in [0.1, 0.15) is 6.26 Å². The van der Waals surface area contributed by atoms with Crippen LogP contribution < -0.4 is 0 Å². The van der Waals surface area contributed by atoms with Crippen molar-refractivity contribution in [1.82, 2.24) is 5.23 Å². The molecule has 2 N–H and O–H groups in total. The van der Waals surface area contributed by atoms with E-state index in [2.05, 4.69) is 13.3 Å². The molecule has 1 rings (SSSR count). The van der Waals surface area contributed by atoms with Crippen molar-refractivity contribution >= 4 is 20.8 Å². The Balaban J connectivity index is 2.87. The standard InChI is InChI=1S/C4H5NO9S2/c6-15(7,8)13-4-2-1-3-12-5(4)14-16(9,10)11/h1-3H,(H,6,7,8)(H,9,10,11). The maximum Gasteiger partial charge on any atom is 0.448 e. The predicted molar refractivity (Wildman–Crippen MR) is 45.4 cm³/mol. The molecule has 0 aromatic heterocycles. The van der Waals surface area contributed by atoms with E-state index in [1.54, 1.807) is 0 Å². The van der Waals surface area contributed by atoms with Gasteiger partial charge < -0.3 is 9.02 Å². The van der Waals surface area contributed by atoms with Crippen molar-refractivity contribution in [2.45, 2.75) is 0 Å². The normalized spacial score (nSPS) is 16.6. The van der Waals surface area contributed by atoms with Crippen LogP contribution in [-0.4, -0.2) is 31.2 Å². The van der Waals surface area contributed by atoms with Gasteiger partial charge in [-0.25, -0.2) is 0 Å². The van der Waals surface area contributed by atoms with Crippen molar-refractivity contribution in [3.8, 4) is 0 Å². The van der Waals surface area contributed by atoms with Crippen LogP contribution in [-0.2, 0) is 34.1 Å². The third kappa shape index (κ3) is 4.45. The molecule has 12 heteroatoms.